The van der Waals surface area contributed by atoms with E-state index in [4.69, 9.17) is 10.5 Å². The summed E-state index contributed by atoms with van der Waals surface area (Å²) in [4.78, 5) is 0. The molecule has 3 nitrogen and oxygen atoms in total. The van der Waals surface area contributed by atoms with Crippen molar-refractivity contribution in [3.05, 3.63) is 17.9 Å². The summed E-state index contributed by atoms with van der Waals surface area (Å²) >= 11 is 0. The first kappa shape index (κ1) is 12.0. The Bertz CT molecular complexity index is 391. The van der Waals surface area contributed by atoms with Crippen molar-refractivity contribution in [1.29, 1.82) is 0 Å². The highest BCUT2D eigenvalue weighted by atomic mass is 19.1. The fourth-order valence-electron chi connectivity index (χ4n) is 1.94. The number of ether oxygens (including phenoxy) is 1. The van der Waals surface area contributed by atoms with Crippen LogP contribution in [0.2, 0.25) is 0 Å². The molecule has 0 atom stereocenters. The van der Waals surface area contributed by atoms with Gasteiger partial charge in [-0.05, 0) is 25.7 Å². The molecule has 0 unspecified atom stereocenters. The fraction of sp³-hybridized carbons (Fsp3) is 0.538. The monoisotopic (exact) mass is 238 g/mol. The molecule has 0 radical (unpaired) electrons. The zero-order valence-corrected chi connectivity index (χ0v) is 10.1. The van der Waals surface area contributed by atoms with Gasteiger partial charge in [0.05, 0.1) is 18.0 Å². The van der Waals surface area contributed by atoms with Gasteiger partial charge >= 0.3 is 0 Å². The third-order valence-corrected chi connectivity index (χ3v) is 3.21. The normalized spacial score (nSPS) is 15.4. The maximum Gasteiger partial charge on any atom is 0.167 e. The highest BCUT2D eigenvalue weighted by Gasteiger charge is 2.17. The first-order valence-electron chi connectivity index (χ1n) is 6.16. The summed E-state index contributed by atoms with van der Waals surface area (Å²) in [6, 6.07) is 2.96. The quantitative estimate of drug-likeness (QED) is 0.775. The molecule has 0 aromatic heterocycles. The van der Waals surface area contributed by atoms with Crippen molar-refractivity contribution in [2.24, 2.45) is 5.92 Å². The molecule has 0 saturated heterocycles. The number of nitrogens with two attached hydrogens (primary N) is 1. The molecule has 1 fully saturated rings. The Morgan fingerprint density at radius 3 is 2.82 bits per heavy atom. The van der Waals surface area contributed by atoms with E-state index >= 15 is 0 Å². The van der Waals surface area contributed by atoms with E-state index in [0.717, 1.165) is 18.2 Å². The molecular formula is C13H19FN2O. The second-order valence-corrected chi connectivity index (χ2v) is 4.48. The Kier molecular flexibility index (Phi) is 3.71. The Labute approximate surface area is 101 Å². The fourth-order valence-corrected chi connectivity index (χ4v) is 1.94. The van der Waals surface area contributed by atoms with Gasteiger partial charge in [0, 0.05) is 18.7 Å². The average molecular weight is 238 g/mol. The highest BCUT2D eigenvalue weighted by Crippen LogP contribution is 2.31. The molecule has 0 amide bonds. The van der Waals surface area contributed by atoms with Gasteiger partial charge in [-0.25, -0.2) is 4.39 Å². The summed E-state index contributed by atoms with van der Waals surface area (Å²) in [5.74, 6) is 0.589. The zero-order valence-electron chi connectivity index (χ0n) is 10.1. The minimum absolute atomic E-state index is 0.262. The standard InChI is InChI=1S/C13H19FN2O/c1-2-17-13-7-12(11(15)6-10(13)14)16-8-9-4-3-5-9/h6-7,9,16H,2-5,8,15H2,1H3. The lowest BCUT2D eigenvalue weighted by Gasteiger charge is -2.26. The van der Waals surface area contributed by atoms with Crippen molar-refractivity contribution < 1.29 is 9.13 Å². The maximum absolute atomic E-state index is 13.5. The summed E-state index contributed by atoms with van der Waals surface area (Å²) < 4.78 is 18.7. The Balaban J connectivity index is 2.05. The molecule has 1 aromatic rings. The number of nitrogen functional groups attached to an aromatic ring is 1. The van der Waals surface area contributed by atoms with Gasteiger partial charge in [0.15, 0.2) is 11.6 Å². The van der Waals surface area contributed by atoms with E-state index in [2.05, 4.69) is 5.32 Å². The van der Waals surface area contributed by atoms with Crippen molar-refractivity contribution in [2.75, 3.05) is 24.2 Å². The van der Waals surface area contributed by atoms with Crippen molar-refractivity contribution in [1.82, 2.24) is 0 Å². The molecule has 17 heavy (non-hydrogen) atoms. The van der Waals surface area contributed by atoms with E-state index in [-0.39, 0.29) is 5.75 Å². The van der Waals surface area contributed by atoms with Crippen LogP contribution in [0, 0.1) is 11.7 Å². The Morgan fingerprint density at radius 2 is 2.24 bits per heavy atom. The van der Waals surface area contributed by atoms with Crippen LogP contribution in [0.15, 0.2) is 12.1 Å². The van der Waals surface area contributed by atoms with E-state index in [9.17, 15) is 4.39 Å². The van der Waals surface area contributed by atoms with Crippen molar-refractivity contribution in [3.63, 3.8) is 0 Å². The van der Waals surface area contributed by atoms with Crippen LogP contribution in [0.25, 0.3) is 0 Å². The van der Waals surface area contributed by atoms with Crippen LogP contribution >= 0.6 is 0 Å². The topological polar surface area (TPSA) is 47.3 Å². The lowest BCUT2D eigenvalue weighted by atomic mass is 9.85. The molecule has 4 heteroatoms. The third kappa shape index (κ3) is 2.81. The summed E-state index contributed by atoms with van der Waals surface area (Å²) in [7, 11) is 0. The minimum atomic E-state index is -0.404. The lowest BCUT2D eigenvalue weighted by molar-refractivity contribution is 0.321. The molecule has 1 aliphatic carbocycles. The summed E-state index contributed by atoms with van der Waals surface area (Å²) in [6.45, 7) is 3.18. The molecule has 3 N–H and O–H groups in total. The molecule has 1 aromatic carbocycles. The molecule has 1 saturated carbocycles. The molecule has 0 spiro atoms. The van der Waals surface area contributed by atoms with E-state index in [1.807, 2.05) is 6.92 Å². The Morgan fingerprint density at radius 1 is 1.47 bits per heavy atom. The van der Waals surface area contributed by atoms with Gasteiger partial charge in [-0.15, -0.1) is 0 Å². The lowest BCUT2D eigenvalue weighted by Crippen LogP contribution is -2.21. The van der Waals surface area contributed by atoms with Gasteiger partial charge in [-0.1, -0.05) is 6.42 Å². The number of benzene rings is 1. The molecule has 0 heterocycles. The first-order valence-corrected chi connectivity index (χ1v) is 6.16. The van der Waals surface area contributed by atoms with E-state index in [1.54, 1.807) is 6.07 Å². The van der Waals surface area contributed by atoms with Gasteiger partial charge in [-0.2, -0.15) is 0 Å². The van der Waals surface area contributed by atoms with Crippen molar-refractivity contribution >= 4 is 11.4 Å². The van der Waals surface area contributed by atoms with Gasteiger partial charge in [0.1, 0.15) is 0 Å². The molecule has 0 aliphatic heterocycles. The van der Waals surface area contributed by atoms with Crippen LogP contribution in [0.1, 0.15) is 26.2 Å². The van der Waals surface area contributed by atoms with E-state index < -0.39 is 5.82 Å². The van der Waals surface area contributed by atoms with Crippen LogP contribution in [0.5, 0.6) is 5.75 Å². The summed E-state index contributed by atoms with van der Waals surface area (Å²) in [5.41, 5.74) is 6.98. The largest absolute Gasteiger partial charge is 0.491 e. The second-order valence-electron chi connectivity index (χ2n) is 4.48. The van der Waals surface area contributed by atoms with Crippen LogP contribution in [-0.4, -0.2) is 13.2 Å². The Hall–Kier alpha value is -1.45. The molecular weight excluding hydrogens is 219 g/mol. The number of nitrogens with one attached hydrogen (secondary N) is 1. The second kappa shape index (κ2) is 5.25. The third-order valence-electron chi connectivity index (χ3n) is 3.21. The number of hydrogen-bond donors (Lipinski definition) is 2. The SMILES string of the molecule is CCOc1cc(NCC2CCC2)c(N)cc1F. The first-order chi connectivity index (χ1) is 8.20. The van der Waals surface area contributed by atoms with Crippen LogP contribution in [-0.2, 0) is 0 Å². The number of anilines is 2. The zero-order chi connectivity index (χ0) is 12.3. The minimum Gasteiger partial charge on any atom is -0.491 e. The molecule has 1 aliphatic rings. The van der Waals surface area contributed by atoms with Crippen molar-refractivity contribution in [2.45, 2.75) is 26.2 Å². The smallest absolute Gasteiger partial charge is 0.167 e. The summed E-state index contributed by atoms with van der Waals surface area (Å²) in [6.07, 6.45) is 3.86. The van der Waals surface area contributed by atoms with Crippen LogP contribution < -0.4 is 15.8 Å². The van der Waals surface area contributed by atoms with E-state index in [1.165, 1.54) is 25.3 Å². The number of hydrogen-bond acceptors (Lipinski definition) is 3. The predicted molar refractivity (Wildman–Crippen MR) is 67.8 cm³/mol. The predicted octanol–water partition coefficient (Wildman–Crippen LogP) is 3.02. The van der Waals surface area contributed by atoms with Gasteiger partial charge in [-0.3, -0.25) is 0 Å². The highest BCUT2D eigenvalue weighted by molar-refractivity contribution is 5.68. The van der Waals surface area contributed by atoms with Crippen molar-refractivity contribution in [3.8, 4) is 5.75 Å². The van der Waals surface area contributed by atoms with Gasteiger partial charge in [0.2, 0.25) is 0 Å². The molecule has 2 rings (SSSR count). The molecule has 0 bridgehead atoms. The van der Waals surface area contributed by atoms with Gasteiger partial charge < -0.3 is 15.8 Å². The van der Waals surface area contributed by atoms with Gasteiger partial charge in [0.25, 0.3) is 0 Å². The maximum atomic E-state index is 13.5. The van der Waals surface area contributed by atoms with Crippen LogP contribution in [0.4, 0.5) is 15.8 Å². The summed E-state index contributed by atoms with van der Waals surface area (Å²) in [5, 5.41) is 3.27. The number of rotatable bonds is 5. The molecule has 94 valence electrons. The average Bonchev–Trinajstić information content (AvgIpc) is 2.22. The van der Waals surface area contributed by atoms with Crippen LogP contribution in [0.3, 0.4) is 0 Å². The number of halogens is 1. The van der Waals surface area contributed by atoms with E-state index in [0.29, 0.717) is 12.3 Å².